The Morgan fingerprint density at radius 2 is 1.83 bits per heavy atom. The van der Waals surface area contributed by atoms with Gasteiger partial charge in [-0.1, -0.05) is 73.9 Å². The quantitative estimate of drug-likeness (QED) is 0.527. The zero-order valence-corrected chi connectivity index (χ0v) is 11.0. The van der Waals surface area contributed by atoms with Crippen molar-refractivity contribution in [1.82, 2.24) is 0 Å². The van der Waals surface area contributed by atoms with Crippen molar-refractivity contribution in [2.45, 2.75) is 32.1 Å². The Balaban J connectivity index is 2.10. The largest absolute Gasteiger partial charge is 0.103 e. The van der Waals surface area contributed by atoms with E-state index in [-0.39, 0.29) is 0 Å². The van der Waals surface area contributed by atoms with Crippen molar-refractivity contribution >= 4 is 0 Å². The van der Waals surface area contributed by atoms with Crippen molar-refractivity contribution in [2.24, 2.45) is 5.92 Å². The maximum absolute atomic E-state index is 3.42. The van der Waals surface area contributed by atoms with Crippen LogP contribution in [0.4, 0.5) is 0 Å². The average molecular weight is 236 g/mol. The van der Waals surface area contributed by atoms with Gasteiger partial charge in [0.15, 0.2) is 0 Å². The molecule has 92 valence electrons. The van der Waals surface area contributed by atoms with Crippen LogP contribution >= 0.6 is 0 Å². The molecule has 0 aliphatic heterocycles. The number of benzene rings is 1. The van der Waals surface area contributed by atoms with Gasteiger partial charge >= 0.3 is 0 Å². The lowest BCUT2D eigenvalue weighted by atomic mass is 9.83. The summed E-state index contributed by atoms with van der Waals surface area (Å²) in [6.45, 7) is 2.21. The minimum atomic E-state index is 0.328. The highest BCUT2D eigenvalue weighted by molar-refractivity contribution is 5.34. The van der Waals surface area contributed by atoms with E-state index in [1.54, 1.807) is 0 Å². The van der Waals surface area contributed by atoms with Crippen LogP contribution < -0.4 is 0 Å². The molecule has 0 amide bonds. The highest BCUT2D eigenvalue weighted by Crippen LogP contribution is 2.29. The molecule has 0 radical (unpaired) electrons. The highest BCUT2D eigenvalue weighted by Gasteiger charge is 2.17. The van der Waals surface area contributed by atoms with E-state index < -0.39 is 0 Å². The topological polar surface area (TPSA) is 0 Å². The molecule has 0 aromatic heterocycles. The number of rotatable bonds is 3. The van der Waals surface area contributed by atoms with Gasteiger partial charge in [0, 0.05) is 18.3 Å². The standard InChI is InChI=1S/C18H20/c1-2-3-4-6-11-17-14-9-10-15-18(17)16-12-7-5-8-13-16/h5,7-10,12-15,17-18H,2-4H2,1H3. The second-order valence-corrected chi connectivity index (χ2v) is 4.66. The predicted molar refractivity (Wildman–Crippen MR) is 78.3 cm³/mol. The van der Waals surface area contributed by atoms with Crippen LogP contribution in [-0.4, -0.2) is 0 Å². The molecule has 0 spiro atoms. The van der Waals surface area contributed by atoms with Gasteiger partial charge in [-0.05, 0) is 12.0 Å². The summed E-state index contributed by atoms with van der Waals surface area (Å²) >= 11 is 0. The molecule has 1 aromatic carbocycles. The van der Waals surface area contributed by atoms with Gasteiger partial charge < -0.3 is 0 Å². The van der Waals surface area contributed by atoms with E-state index in [9.17, 15) is 0 Å². The third-order valence-corrected chi connectivity index (χ3v) is 3.24. The van der Waals surface area contributed by atoms with Crippen LogP contribution in [0.5, 0.6) is 0 Å². The van der Waals surface area contributed by atoms with Gasteiger partial charge in [-0.25, -0.2) is 0 Å². The van der Waals surface area contributed by atoms with Gasteiger partial charge in [-0.3, -0.25) is 0 Å². The maximum atomic E-state index is 3.42. The molecule has 0 heterocycles. The van der Waals surface area contributed by atoms with Gasteiger partial charge in [0.05, 0.1) is 0 Å². The van der Waals surface area contributed by atoms with Gasteiger partial charge in [0.1, 0.15) is 0 Å². The molecule has 18 heavy (non-hydrogen) atoms. The van der Waals surface area contributed by atoms with E-state index in [0.717, 1.165) is 6.42 Å². The lowest BCUT2D eigenvalue weighted by Gasteiger charge is -2.20. The Bertz CT molecular complexity index is 468. The summed E-state index contributed by atoms with van der Waals surface area (Å²) < 4.78 is 0. The van der Waals surface area contributed by atoms with Crippen LogP contribution in [0.15, 0.2) is 54.6 Å². The molecule has 1 aliphatic rings. The monoisotopic (exact) mass is 236 g/mol. The summed E-state index contributed by atoms with van der Waals surface area (Å²) in [6.07, 6.45) is 12.2. The van der Waals surface area contributed by atoms with E-state index in [1.807, 2.05) is 0 Å². The van der Waals surface area contributed by atoms with Gasteiger partial charge in [0.2, 0.25) is 0 Å². The number of unbranched alkanes of at least 4 members (excludes halogenated alkanes) is 2. The van der Waals surface area contributed by atoms with E-state index in [2.05, 4.69) is 73.4 Å². The molecule has 0 nitrogen and oxygen atoms in total. The van der Waals surface area contributed by atoms with E-state index >= 15 is 0 Å². The molecular weight excluding hydrogens is 216 g/mol. The molecule has 0 bridgehead atoms. The fourth-order valence-electron chi connectivity index (χ4n) is 2.19. The van der Waals surface area contributed by atoms with Crippen molar-refractivity contribution in [1.29, 1.82) is 0 Å². The lowest BCUT2D eigenvalue weighted by Crippen LogP contribution is -2.09. The van der Waals surface area contributed by atoms with E-state index in [4.69, 9.17) is 0 Å². The third kappa shape index (κ3) is 3.37. The molecule has 2 unspecified atom stereocenters. The zero-order valence-electron chi connectivity index (χ0n) is 11.0. The van der Waals surface area contributed by atoms with Crippen molar-refractivity contribution in [2.75, 3.05) is 0 Å². The Labute approximate surface area is 110 Å². The summed E-state index contributed by atoms with van der Waals surface area (Å²) in [5, 5.41) is 0. The SMILES string of the molecule is CCCCC#CC1C=CC=CC1c1ccccc1. The van der Waals surface area contributed by atoms with Gasteiger partial charge in [0.25, 0.3) is 0 Å². The van der Waals surface area contributed by atoms with Crippen molar-refractivity contribution in [3.8, 4) is 11.8 Å². The summed E-state index contributed by atoms with van der Waals surface area (Å²) in [7, 11) is 0. The second-order valence-electron chi connectivity index (χ2n) is 4.66. The summed E-state index contributed by atoms with van der Waals surface area (Å²) in [5.74, 6) is 7.47. The number of hydrogen-bond donors (Lipinski definition) is 0. The highest BCUT2D eigenvalue weighted by atomic mass is 14.2. The molecule has 1 aromatic rings. The predicted octanol–water partition coefficient (Wildman–Crippen LogP) is 4.71. The molecule has 0 saturated carbocycles. The van der Waals surface area contributed by atoms with Gasteiger partial charge in [-0.15, -0.1) is 5.92 Å². The van der Waals surface area contributed by atoms with Crippen LogP contribution in [0.1, 0.15) is 37.7 Å². The molecule has 2 atom stereocenters. The molecular formula is C18H20. The second kappa shape index (κ2) is 6.87. The first-order valence-electron chi connectivity index (χ1n) is 6.80. The van der Waals surface area contributed by atoms with E-state index in [0.29, 0.717) is 11.8 Å². The zero-order chi connectivity index (χ0) is 12.6. The summed E-state index contributed by atoms with van der Waals surface area (Å²) in [5.41, 5.74) is 1.35. The van der Waals surface area contributed by atoms with E-state index in [1.165, 1.54) is 18.4 Å². The van der Waals surface area contributed by atoms with Gasteiger partial charge in [-0.2, -0.15) is 0 Å². The minimum Gasteiger partial charge on any atom is -0.103 e. The molecule has 0 N–H and O–H groups in total. The van der Waals surface area contributed by atoms with Crippen LogP contribution in [0, 0.1) is 17.8 Å². The van der Waals surface area contributed by atoms with Crippen LogP contribution in [0.2, 0.25) is 0 Å². The summed E-state index contributed by atoms with van der Waals surface area (Å²) in [6, 6.07) is 10.6. The minimum absolute atomic E-state index is 0.328. The Morgan fingerprint density at radius 3 is 2.61 bits per heavy atom. The smallest absolute Gasteiger partial charge is 0.0489 e. The Hall–Kier alpha value is -1.74. The molecule has 0 fully saturated rings. The van der Waals surface area contributed by atoms with Crippen LogP contribution in [0.25, 0.3) is 0 Å². The molecule has 0 heteroatoms. The molecule has 0 saturated heterocycles. The first-order chi connectivity index (χ1) is 8.92. The number of allylic oxidation sites excluding steroid dienone is 4. The fourth-order valence-corrected chi connectivity index (χ4v) is 2.19. The van der Waals surface area contributed by atoms with Crippen LogP contribution in [-0.2, 0) is 0 Å². The van der Waals surface area contributed by atoms with Crippen LogP contribution in [0.3, 0.4) is 0 Å². The summed E-state index contributed by atoms with van der Waals surface area (Å²) in [4.78, 5) is 0. The Morgan fingerprint density at radius 1 is 1.06 bits per heavy atom. The molecule has 2 rings (SSSR count). The van der Waals surface area contributed by atoms with Crippen molar-refractivity contribution < 1.29 is 0 Å². The third-order valence-electron chi connectivity index (χ3n) is 3.24. The van der Waals surface area contributed by atoms with Crippen molar-refractivity contribution in [3.05, 3.63) is 60.2 Å². The van der Waals surface area contributed by atoms with Crippen molar-refractivity contribution in [3.63, 3.8) is 0 Å². The average Bonchev–Trinajstić information content (AvgIpc) is 2.45. The first-order valence-corrected chi connectivity index (χ1v) is 6.80. The maximum Gasteiger partial charge on any atom is 0.0489 e. The fraction of sp³-hybridized carbons (Fsp3) is 0.333. The lowest BCUT2D eigenvalue weighted by molar-refractivity contribution is 0.718. The Kier molecular flexibility index (Phi) is 4.85. The number of hydrogen-bond acceptors (Lipinski definition) is 0. The molecule has 1 aliphatic carbocycles. The first kappa shape index (κ1) is 12.7. The normalized spacial score (nSPS) is 21.4.